The van der Waals surface area contributed by atoms with Crippen LogP contribution in [0.15, 0.2) is 81.3 Å². The van der Waals surface area contributed by atoms with Crippen LogP contribution >= 0.6 is 35.0 Å². The Labute approximate surface area is 215 Å². The van der Waals surface area contributed by atoms with E-state index in [-0.39, 0.29) is 22.6 Å². The Bertz CT molecular complexity index is 1370. The molecule has 178 valence electrons. The molecule has 0 fully saturated rings. The molecule has 0 unspecified atom stereocenters. The van der Waals surface area contributed by atoms with Crippen LogP contribution in [-0.4, -0.2) is 28.4 Å². The van der Waals surface area contributed by atoms with Gasteiger partial charge in [0.05, 0.1) is 7.11 Å². The summed E-state index contributed by atoms with van der Waals surface area (Å²) in [7, 11) is 1.51. The van der Waals surface area contributed by atoms with Crippen LogP contribution in [0.25, 0.3) is 17.5 Å². The van der Waals surface area contributed by atoms with Gasteiger partial charge in [0.15, 0.2) is 11.5 Å². The lowest BCUT2D eigenvalue weighted by Crippen LogP contribution is -1.99. The largest absolute Gasteiger partial charge is 0.493 e. The van der Waals surface area contributed by atoms with Crippen LogP contribution in [0.3, 0.4) is 0 Å². The number of nitrogens with zero attached hydrogens (tertiary/aromatic N) is 2. The number of hydrogen-bond donors (Lipinski definition) is 1. The Balaban J connectivity index is 1.51. The molecule has 0 saturated heterocycles. The maximum atomic E-state index is 11.9. The maximum absolute atomic E-state index is 11.9. The number of aliphatic carboxylic acids is 1. The molecule has 0 radical (unpaired) electrons. The molecule has 1 N–H and O–H groups in total. The van der Waals surface area contributed by atoms with Gasteiger partial charge in [0, 0.05) is 21.2 Å². The van der Waals surface area contributed by atoms with Crippen molar-refractivity contribution in [3.63, 3.8) is 0 Å². The van der Waals surface area contributed by atoms with Crippen molar-refractivity contribution in [3.8, 4) is 23.0 Å². The van der Waals surface area contributed by atoms with Crippen molar-refractivity contribution in [1.82, 2.24) is 10.2 Å². The van der Waals surface area contributed by atoms with Gasteiger partial charge in [-0.3, -0.25) is 0 Å². The first kappa shape index (κ1) is 24.7. The van der Waals surface area contributed by atoms with E-state index in [0.29, 0.717) is 32.7 Å². The number of hydrogen-bond acceptors (Lipinski definition) is 7. The van der Waals surface area contributed by atoms with Crippen molar-refractivity contribution < 1.29 is 23.8 Å². The number of ether oxygens (including phenoxy) is 2. The van der Waals surface area contributed by atoms with Crippen molar-refractivity contribution in [3.05, 3.63) is 92.8 Å². The second-order valence-electron chi connectivity index (χ2n) is 7.09. The summed E-state index contributed by atoms with van der Waals surface area (Å²) in [6.45, 7) is 0.258. The van der Waals surface area contributed by atoms with Gasteiger partial charge in [0.25, 0.3) is 5.22 Å². The molecule has 7 nitrogen and oxygen atoms in total. The molecule has 1 aromatic heterocycles. The number of rotatable bonds is 9. The molecule has 0 bridgehead atoms. The van der Waals surface area contributed by atoms with Gasteiger partial charge < -0.3 is 19.0 Å². The third kappa shape index (κ3) is 6.36. The van der Waals surface area contributed by atoms with E-state index in [1.165, 1.54) is 13.2 Å². The van der Waals surface area contributed by atoms with Crippen LogP contribution in [0.1, 0.15) is 11.1 Å². The molecular formula is C25H18Cl2N2O5S. The molecule has 4 aromatic rings. The van der Waals surface area contributed by atoms with Gasteiger partial charge in [-0.25, -0.2) is 4.79 Å². The minimum atomic E-state index is -1.14. The molecule has 0 saturated carbocycles. The summed E-state index contributed by atoms with van der Waals surface area (Å²) in [4.78, 5) is 11.9. The topological polar surface area (TPSA) is 94.7 Å². The van der Waals surface area contributed by atoms with E-state index >= 15 is 0 Å². The highest BCUT2D eigenvalue weighted by atomic mass is 35.5. The molecule has 3 aromatic carbocycles. The van der Waals surface area contributed by atoms with Crippen molar-refractivity contribution in [1.29, 1.82) is 0 Å². The van der Waals surface area contributed by atoms with Gasteiger partial charge >= 0.3 is 5.97 Å². The van der Waals surface area contributed by atoms with E-state index < -0.39 is 5.97 Å². The molecule has 10 heteroatoms. The van der Waals surface area contributed by atoms with Crippen molar-refractivity contribution >= 4 is 47.0 Å². The molecule has 1 heterocycles. The van der Waals surface area contributed by atoms with Gasteiger partial charge in [0.2, 0.25) is 5.89 Å². The molecule has 0 spiro atoms. The van der Waals surface area contributed by atoms with E-state index in [2.05, 4.69) is 10.2 Å². The third-order valence-electron chi connectivity index (χ3n) is 4.73. The highest BCUT2D eigenvalue weighted by Crippen LogP contribution is 2.33. The summed E-state index contributed by atoms with van der Waals surface area (Å²) in [5.74, 6) is 0.0665. The summed E-state index contributed by atoms with van der Waals surface area (Å²) >= 11 is 12.9. The van der Waals surface area contributed by atoms with Gasteiger partial charge in [0.1, 0.15) is 11.5 Å². The average Bonchev–Trinajstić information content (AvgIpc) is 3.32. The Hall–Kier alpha value is -3.46. The number of carbonyl (C=O) groups is 1. The van der Waals surface area contributed by atoms with Crippen LogP contribution in [0.5, 0.6) is 11.5 Å². The molecular weight excluding hydrogens is 511 g/mol. The van der Waals surface area contributed by atoms with Crippen LogP contribution in [-0.2, 0) is 11.4 Å². The number of halogens is 2. The summed E-state index contributed by atoms with van der Waals surface area (Å²) < 4.78 is 16.9. The van der Waals surface area contributed by atoms with Gasteiger partial charge in [-0.15, -0.1) is 10.2 Å². The predicted octanol–water partition coefficient (Wildman–Crippen LogP) is 6.85. The first-order chi connectivity index (χ1) is 16.9. The first-order valence-corrected chi connectivity index (χ1v) is 11.8. The van der Waals surface area contributed by atoms with Crippen LogP contribution in [0, 0.1) is 0 Å². The standard InChI is InChI=1S/C25H18Cl2N2O5S/c1-32-21-12-15(6-11-20(21)33-14-17-4-2-3-5-19(17)27)13-22(24(30)31)35-25-29-28-23(34-25)16-7-9-18(26)10-8-16/h2-13H,14H2,1H3,(H,30,31)/b22-13-. The summed E-state index contributed by atoms with van der Waals surface area (Å²) in [6, 6.07) is 19.4. The zero-order chi connectivity index (χ0) is 24.8. The highest BCUT2D eigenvalue weighted by molar-refractivity contribution is 8.03. The fourth-order valence-corrected chi connectivity index (χ4v) is 3.99. The van der Waals surface area contributed by atoms with Gasteiger partial charge in [-0.2, -0.15) is 0 Å². The molecule has 4 rings (SSSR count). The Morgan fingerprint density at radius 3 is 2.54 bits per heavy atom. The predicted molar refractivity (Wildman–Crippen MR) is 135 cm³/mol. The number of aromatic nitrogens is 2. The fourth-order valence-electron chi connectivity index (χ4n) is 3.00. The van der Waals surface area contributed by atoms with E-state index in [0.717, 1.165) is 17.3 Å². The number of methoxy groups -OCH3 is 1. The Morgan fingerprint density at radius 1 is 1.06 bits per heavy atom. The number of benzene rings is 3. The molecule has 35 heavy (non-hydrogen) atoms. The molecule has 0 aliphatic rings. The minimum Gasteiger partial charge on any atom is -0.493 e. The SMILES string of the molecule is COc1cc(/C=C(\Sc2nnc(-c3ccc(Cl)cc3)o2)C(=O)O)ccc1OCc1ccccc1Cl. The van der Waals surface area contributed by atoms with E-state index in [9.17, 15) is 9.90 Å². The molecule has 0 atom stereocenters. The second-order valence-corrected chi connectivity index (χ2v) is 8.92. The summed E-state index contributed by atoms with van der Waals surface area (Å²) in [5, 5.41) is 18.9. The number of carboxylic acids is 1. The lowest BCUT2D eigenvalue weighted by Gasteiger charge is -2.12. The number of thioether (sulfide) groups is 1. The summed E-state index contributed by atoms with van der Waals surface area (Å²) in [5.41, 5.74) is 2.10. The quantitative estimate of drug-likeness (QED) is 0.186. The Morgan fingerprint density at radius 2 is 1.83 bits per heavy atom. The van der Waals surface area contributed by atoms with Crippen LogP contribution in [0.4, 0.5) is 0 Å². The Kier molecular flexibility index (Phi) is 7.97. The second kappa shape index (κ2) is 11.3. The zero-order valence-corrected chi connectivity index (χ0v) is 20.6. The van der Waals surface area contributed by atoms with Crippen molar-refractivity contribution in [2.45, 2.75) is 11.8 Å². The fraction of sp³-hybridized carbons (Fsp3) is 0.0800. The maximum Gasteiger partial charge on any atom is 0.342 e. The van der Waals surface area contributed by atoms with Crippen LogP contribution < -0.4 is 9.47 Å². The minimum absolute atomic E-state index is 0.0110. The molecule has 0 aliphatic heterocycles. The highest BCUT2D eigenvalue weighted by Gasteiger charge is 2.17. The van der Waals surface area contributed by atoms with E-state index in [1.807, 2.05) is 18.2 Å². The third-order valence-corrected chi connectivity index (χ3v) is 6.20. The van der Waals surface area contributed by atoms with Gasteiger partial charge in [-0.1, -0.05) is 47.5 Å². The lowest BCUT2D eigenvalue weighted by atomic mass is 10.2. The van der Waals surface area contributed by atoms with E-state index in [1.54, 1.807) is 48.5 Å². The number of carboxylic acid groups (broad SMARTS) is 1. The van der Waals surface area contributed by atoms with Crippen molar-refractivity contribution in [2.75, 3.05) is 7.11 Å². The average molecular weight is 529 g/mol. The van der Waals surface area contributed by atoms with Crippen LogP contribution in [0.2, 0.25) is 10.0 Å². The zero-order valence-electron chi connectivity index (χ0n) is 18.3. The molecule has 0 aliphatic carbocycles. The molecule has 0 amide bonds. The summed E-state index contributed by atoms with van der Waals surface area (Å²) in [6.07, 6.45) is 1.49. The van der Waals surface area contributed by atoms with Crippen molar-refractivity contribution in [2.24, 2.45) is 0 Å². The first-order valence-electron chi connectivity index (χ1n) is 10.2. The monoisotopic (exact) mass is 528 g/mol. The normalized spacial score (nSPS) is 11.3. The van der Waals surface area contributed by atoms with Gasteiger partial charge in [-0.05, 0) is 65.9 Å². The van der Waals surface area contributed by atoms with E-state index in [4.69, 9.17) is 37.1 Å². The lowest BCUT2D eigenvalue weighted by molar-refractivity contribution is -0.131. The smallest absolute Gasteiger partial charge is 0.342 e.